The molecular weight excluding hydrogens is 286 g/mol. The highest BCUT2D eigenvalue weighted by Crippen LogP contribution is 2.29. The van der Waals surface area contributed by atoms with Crippen LogP contribution in [0.2, 0.25) is 5.02 Å². The van der Waals surface area contributed by atoms with Gasteiger partial charge in [-0.2, -0.15) is 5.10 Å². The van der Waals surface area contributed by atoms with Gasteiger partial charge in [0.05, 0.1) is 11.7 Å². The fourth-order valence-electron chi connectivity index (χ4n) is 2.81. The van der Waals surface area contributed by atoms with Gasteiger partial charge in [0.15, 0.2) is 0 Å². The SMILES string of the molecule is NCc1ccc(Cl)cc1OCc1ccn(C2CCCC2)n1. The summed E-state index contributed by atoms with van der Waals surface area (Å²) in [5, 5.41) is 5.26. The predicted octanol–water partition coefficient (Wildman–Crippen LogP) is 3.69. The molecule has 1 aliphatic carbocycles. The van der Waals surface area contributed by atoms with E-state index >= 15 is 0 Å². The normalized spacial score (nSPS) is 15.5. The number of nitrogens with two attached hydrogens (primary N) is 1. The molecule has 0 bridgehead atoms. The van der Waals surface area contributed by atoms with Crippen LogP contribution in [-0.2, 0) is 13.2 Å². The lowest BCUT2D eigenvalue weighted by atomic mass is 10.2. The van der Waals surface area contributed by atoms with E-state index in [1.807, 2.05) is 18.2 Å². The predicted molar refractivity (Wildman–Crippen MR) is 83.4 cm³/mol. The van der Waals surface area contributed by atoms with Crippen molar-refractivity contribution < 1.29 is 4.74 Å². The summed E-state index contributed by atoms with van der Waals surface area (Å²) in [5.74, 6) is 0.736. The van der Waals surface area contributed by atoms with E-state index in [0.29, 0.717) is 24.2 Å². The first kappa shape index (κ1) is 14.4. The molecule has 4 nitrogen and oxygen atoms in total. The van der Waals surface area contributed by atoms with Crippen LogP contribution < -0.4 is 10.5 Å². The number of hydrogen-bond donors (Lipinski definition) is 1. The molecule has 0 unspecified atom stereocenters. The van der Waals surface area contributed by atoms with E-state index in [0.717, 1.165) is 17.0 Å². The Morgan fingerprint density at radius 2 is 2.10 bits per heavy atom. The molecule has 1 aromatic carbocycles. The Morgan fingerprint density at radius 1 is 1.29 bits per heavy atom. The molecule has 5 heteroatoms. The average Bonchev–Trinajstić information content (AvgIpc) is 3.16. The highest BCUT2D eigenvalue weighted by Gasteiger charge is 2.17. The highest BCUT2D eigenvalue weighted by molar-refractivity contribution is 6.30. The van der Waals surface area contributed by atoms with Crippen molar-refractivity contribution in [2.24, 2.45) is 5.73 Å². The fraction of sp³-hybridized carbons (Fsp3) is 0.438. The van der Waals surface area contributed by atoms with E-state index in [4.69, 9.17) is 22.1 Å². The number of nitrogens with zero attached hydrogens (tertiary/aromatic N) is 2. The maximum Gasteiger partial charge on any atom is 0.132 e. The van der Waals surface area contributed by atoms with E-state index in [1.54, 1.807) is 6.07 Å². The van der Waals surface area contributed by atoms with Crippen LogP contribution in [0.3, 0.4) is 0 Å². The highest BCUT2D eigenvalue weighted by atomic mass is 35.5. The van der Waals surface area contributed by atoms with Crippen molar-refractivity contribution in [3.63, 3.8) is 0 Å². The lowest BCUT2D eigenvalue weighted by Gasteiger charge is -2.11. The van der Waals surface area contributed by atoms with Crippen LogP contribution in [0.5, 0.6) is 5.75 Å². The third-order valence-corrected chi connectivity index (χ3v) is 4.22. The average molecular weight is 306 g/mol. The Bertz CT molecular complexity index is 605. The summed E-state index contributed by atoms with van der Waals surface area (Å²) in [6, 6.07) is 8.10. The van der Waals surface area contributed by atoms with Crippen LogP contribution in [0.15, 0.2) is 30.5 Å². The largest absolute Gasteiger partial charge is 0.487 e. The van der Waals surface area contributed by atoms with Crippen molar-refractivity contribution in [2.75, 3.05) is 0 Å². The quantitative estimate of drug-likeness (QED) is 0.916. The Kier molecular flexibility index (Phi) is 4.46. The standard InChI is InChI=1S/C16H20ClN3O/c17-13-6-5-12(10-18)16(9-13)21-11-14-7-8-20(19-14)15-3-1-2-4-15/h5-9,15H,1-4,10-11,18H2. The first-order chi connectivity index (χ1) is 10.3. The van der Waals surface area contributed by atoms with Crippen molar-refractivity contribution in [3.8, 4) is 5.75 Å². The Labute approximate surface area is 129 Å². The number of rotatable bonds is 5. The molecule has 1 heterocycles. The topological polar surface area (TPSA) is 53.1 Å². The second kappa shape index (κ2) is 6.50. The molecule has 0 radical (unpaired) electrons. The third-order valence-electron chi connectivity index (χ3n) is 3.99. The molecule has 1 aromatic heterocycles. The Hall–Kier alpha value is -1.52. The lowest BCUT2D eigenvalue weighted by Crippen LogP contribution is -2.07. The number of halogens is 1. The molecule has 2 N–H and O–H groups in total. The van der Waals surface area contributed by atoms with Gasteiger partial charge in [-0.05, 0) is 31.0 Å². The first-order valence-electron chi connectivity index (χ1n) is 7.41. The third kappa shape index (κ3) is 3.39. The van der Waals surface area contributed by atoms with Gasteiger partial charge in [-0.1, -0.05) is 30.5 Å². The smallest absolute Gasteiger partial charge is 0.132 e. The second-order valence-corrected chi connectivity index (χ2v) is 5.91. The van der Waals surface area contributed by atoms with Gasteiger partial charge in [0.2, 0.25) is 0 Å². The van der Waals surface area contributed by atoms with Gasteiger partial charge in [-0.3, -0.25) is 4.68 Å². The minimum Gasteiger partial charge on any atom is -0.487 e. The molecule has 1 saturated carbocycles. The molecular formula is C16H20ClN3O. The van der Waals surface area contributed by atoms with Gasteiger partial charge in [0, 0.05) is 23.3 Å². The molecule has 0 aliphatic heterocycles. The molecule has 2 aromatic rings. The first-order valence-corrected chi connectivity index (χ1v) is 7.79. The van der Waals surface area contributed by atoms with Gasteiger partial charge >= 0.3 is 0 Å². The zero-order chi connectivity index (χ0) is 14.7. The molecule has 0 atom stereocenters. The van der Waals surface area contributed by atoms with Crippen LogP contribution in [-0.4, -0.2) is 9.78 Å². The molecule has 21 heavy (non-hydrogen) atoms. The van der Waals surface area contributed by atoms with E-state index < -0.39 is 0 Å². The van der Waals surface area contributed by atoms with E-state index in [9.17, 15) is 0 Å². The number of benzene rings is 1. The van der Waals surface area contributed by atoms with Crippen molar-refractivity contribution in [2.45, 2.75) is 44.9 Å². The van der Waals surface area contributed by atoms with E-state index in [-0.39, 0.29) is 0 Å². The zero-order valence-electron chi connectivity index (χ0n) is 12.0. The monoisotopic (exact) mass is 305 g/mol. The Balaban J connectivity index is 1.66. The van der Waals surface area contributed by atoms with Crippen LogP contribution in [0, 0.1) is 0 Å². The maximum absolute atomic E-state index is 6.01. The zero-order valence-corrected chi connectivity index (χ0v) is 12.7. The summed E-state index contributed by atoms with van der Waals surface area (Å²) < 4.78 is 7.91. The molecule has 1 fully saturated rings. The molecule has 0 saturated heterocycles. The second-order valence-electron chi connectivity index (χ2n) is 5.47. The summed E-state index contributed by atoms with van der Waals surface area (Å²) in [5.41, 5.74) is 7.60. The van der Waals surface area contributed by atoms with Gasteiger partial charge < -0.3 is 10.5 Å². The molecule has 112 valence electrons. The molecule has 1 aliphatic rings. The van der Waals surface area contributed by atoms with Crippen LogP contribution in [0.25, 0.3) is 0 Å². The van der Waals surface area contributed by atoms with Gasteiger partial charge in [0.1, 0.15) is 12.4 Å². The van der Waals surface area contributed by atoms with Crippen LogP contribution >= 0.6 is 11.6 Å². The lowest BCUT2D eigenvalue weighted by molar-refractivity contribution is 0.295. The van der Waals surface area contributed by atoms with Gasteiger partial charge in [-0.25, -0.2) is 0 Å². The number of hydrogen-bond acceptors (Lipinski definition) is 3. The summed E-state index contributed by atoms with van der Waals surface area (Å²) >= 11 is 6.01. The fourth-order valence-corrected chi connectivity index (χ4v) is 2.97. The molecule has 3 rings (SSSR count). The maximum atomic E-state index is 6.01. The summed E-state index contributed by atoms with van der Waals surface area (Å²) in [6.07, 6.45) is 7.12. The van der Waals surface area contributed by atoms with Gasteiger partial charge in [-0.15, -0.1) is 0 Å². The van der Waals surface area contributed by atoms with Crippen LogP contribution in [0.4, 0.5) is 0 Å². The molecule has 0 spiro atoms. The Morgan fingerprint density at radius 3 is 2.86 bits per heavy atom. The van der Waals surface area contributed by atoms with E-state index in [2.05, 4.69) is 16.0 Å². The van der Waals surface area contributed by atoms with Gasteiger partial charge in [0.25, 0.3) is 0 Å². The summed E-state index contributed by atoms with van der Waals surface area (Å²) in [6.45, 7) is 0.871. The van der Waals surface area contributed by atoms with Crippen molar-refractivity contribution in [1.82, 2.24) is 9.78 Å². The van der Waals surface area contributed by atoms with E-state index in [1.165, 1.54) is 25.7 Å². The number of aromatic nitrogens is 2. The molecule has 0 amide bonds. The summed E-state index contributed by atoms with van der Waals surface area (Å²) in [7, 11) is 0. The minimum absolute atomic E-state index is 0.434. The van der Waals surface area contributed by atoms with Crippen molar-refractivity contribution in [1.29, 1.82) is 0 Å². The number of ether oxygens (including phenoxy) is 1. The van der Waals surface area contributed by atoms with Crippen molar-refractivity contribution >= 4 is 11.6 Å². The van der Waals surface area contributed by atoms with Crippen LogP contribution in [0.1, 0.15) is 43.0 Å². The van der Waals surface area contributed by atoms with Crippen molar-refractivity contribution in [3.05, 3.63) is 46.7 Å². The summed E-state index contributed by atoms with van der Waals surface area (Å²) in [4.78, 5) is 0. The minimum atomic E-state index is 0.434.